The Labute approximate surface area is 158 Å². The maximum Gasteiger partial charge on any atom is 0.321 e. The van der Waals surface area contributed by atoms with Gasteiger partial charge in [-0.2, -0.15) is 11.8 Å². The Balaban J connectivity index is 1.38. The molecule has 3 aliphatic heterocycles. The lowest BCUT2D eigenvalue weighted by atomic mass is 10.0. The van der Waals surface area contributed by atoms with Gasteiger partial charge in [0.2, 0.25) is 0 Å². The molecule has 26 heavy (non-hydrogen) atoms. The fraction of sp³-hybridized carbons (Fsp3) is 0.579. The maximum atomic E-state index is 12.9. The van der Waals surface area contributed by atoms with Crippen molar-refractivity contribution >= 4 is 29.4 Å². The van der Waals surface area contributed by atoms with E-state index in [-0.39, 0.29) is 11.9 Å². The molecule has 7 heteroatoms. The lowest BCUT2D eigenvalue weighted by molar-refractivity contribution is 0.0631. The highest BCUT2D eigenvalue weighted by atomic mass is 32.2. The van der Waals surface area contributed by atoms with E-state index in [1.807, 2.05) is 40.9 Å². The average molecular weight is 375 g/mol. The second kappa shape index (κ2) is 7.88. The number of hydrogen-bond donors (Lipinski definition) is 1. The Bertz CT molecular complexity index is 669. The summed E-state index contributed by atoms with van der Waals surface area (Å²) in [6.07, 6.45) is 2.12. The van der Waals surface area contributed by atoms with Crippen molar-refractivity contribution in [3.8, 4) is 0 Å². The van der Waals surface area contributed by atoms with Crippen LogP contribution in [0.2, 0.25) is 0 Å². The third kappa shape index (κ3) is 3.69. The summed E-state index contributed by atoms with van der Waals surface area (Å²) < 4.78 is 0. The second-order valence-electron chi connectivity index (χ2n) is 7.11. The summed E-state index contributed by atoms with van der Waals surface area (Å²) in [6, 6.07) is 8.00. The van der Waals surface area contributed by atoms with E-state index in [4.69, 9.17) is 0 Å². The van der Waals surface area contributed by atoms with Gasteiger partial charge in [0.25, 0.3) is 5.91 Å². The number of carbonyl (C=O) groups excluding carboxylic acids is 2. The van der Waals surface area contributed by atoms with Gasteiger partial charge in [-0.15, -0.1) is 0 Å². The van der Waals surface area contributed by atoms with Crippen LogP contribution in [-0.4, -0.2) is 78.6 Å². The van der Waals surface area contributed by atoms with Crippen molar-refractivity contribution in [3.63, 3.8) is 0 Å². The summed E-state index contributed by atoms with van der Waals surface area (Å²) in [5.74, 6) is 2.55. The number of rotatable bonds is 3. The van der Waals surface area contributed by atoms with Crippen LogP contribution in [0.4, 0.5) is 10.5 Å². The maximum absolute atomic E-state index is 12.9. The van der Waals surface area contributed by atoms with Crippen LogP contribution in [0.1, 0.15) is 23.2 Å². The topological polar surface area (TPSA) is 55.9 Å². The van der Waals surface area contributed by atoms with Crippen LogP contribution in [-0.2, 0) is 0 Å². The molecule has 6 nitrogen and oxygen atoms in total. The number of hydrogen-bond acceptors (Lipinski definition) is 4. The van der Waals surface area contributed by atoms with Crippen LogP contribution in [0.15, 0.2) is 24.3 Å². The number of carbonyl (C=O) groups is 2. The molecular weight excluding hydrogens is 348 g/mol. The molecule has 3 saturated heterocycles. The molecule has 0 radical (unpaired) electrons. The first-order chi connectivity index (χ1) is 12.7. The van der Waals surface area contributed by atoms with Gasteiger partial charge in [-0.05, 0) is 31.0 Å². The summed E-state index contributed by atoms with van der Waals surface area (Å²) in [5.41, 5.74) is 1.47. The van der Waals surface area contributed by atoms with Crippen molar-refractivity contribution in [2.45, 2.75) is 18.9 Å². The highest BCUT2D eigenvalue weighted by Crippen LogP contribution is 2.23. The molecule has 140 valence electrons. The predicted molar refractivity (Wildman–Crippen MR) is 105 cm³/mol. The molecule has 0 unspecified atom stereocenters. The van der Waals surface area contributed by atoms with Crippen LogP contribution in [0.25, 0.3) is 0 Å². The average Bonchev–Trinajstić information content (AvgIpc) is 3.14. The monoisotopic (exact) mass is 374 g/mol. The standard InChI is InChI=1S/C19H26N4O2S/c24-18(15-2-1-3-17(14-15)23-9-6-20-19(23)25)22-7-4-16(5-8-22)21-10-12-26-13-11-21/h1-3,14,16H,4-13H2,(H,20,25). The summed E-state index contributed by atoms with van der Waals surface area (Å²) in [5, 5.41) is 2.80. The third-order valence-electron chi connectivity index (χ3n) is 5.58. The van der Waals surface area contributed by atoms with Crippen molar-refractivity contribution in [3.05, 3.63) is 29.8 Å². The van der Waals surface area contributed by atoms with Gasteiger partial charge in [-0.3, -0.25) is 14.6 Å². The van der Waals surface area contributed by atoms with Crippen LogP contribution in [0, 0.1) is 0 Å². The van der Waals surface area contributed by atoms with Gasteiger partial charge in [0.15, 0.2) is 0 Å². The smallest absolute Gasteiger partial charge is 0.321 e. The highest BCUT2D eigenvalue weighted by Gasteiger charge is 2.29. The Morgan fingerprint density at radius 1 is 1.08 bits per heavy atom. The molecule has 0 aliphatic carbocycles. The zero-order chi connectivity index (χ0) is 17.9. The van der Waals surface area contributed by atoms with E-state index >= 15 is 0 Å². The molecule has 0 saturated carbocycles. The molecule has 3 amide bonds. The Kier molecular flexibility index (Phi) is 5.36. The van der Waals surface area contributed by atoms with Gasteiger partial charge >= 0.3 is 6.03 Å². The predicted octanol–water partition coefficient (Wildman–Crippen LogP) is 1.87. The SMILES string of the molecule is O=C(c1cccc(N2CCNC2=O)c1)N1CCC(N2CCSCC2)CC1. The first-order valence-corrected chi connectivity index (χ1v) is 10.6. The van der Waals surface area contributed by atoms with E-state index in [0.717, 1.165) is 31.6 Å². The number of benzene rings is 1. The quantitative estimate of drug-likeness (QED) is 0.878. The van der Waals surface area contributed by atoms with Gasteiger partial charge < -0.3 is 10.2 Å². The van der Waals surface area contributed by atoms with E-state index in [9.17, 15) is 9.59 Å². The Hall–Kier alpha value is -1.73. The van der Waals surface area contributed by atoms with Crippen molar-refractivity contribution in [2.24, 2.45) is 0 Å². The normalized spacial score (nSPS) is 22.5. The van der Waals surface area contributed by atoms with Gasteiger partial charge in [0, 0.05) is 68.1 Å². The molecule has 0 bridgehead atoms. The van der Waals surface area contributed by atoms with Gasteiger partial charge in [-0.1, -0.05) is 6.07 Å². The van der Waals surface area contributed by atoms with E-state index in [1.54, 1.807) is 4.90 Å². The summed E-state index contributed by atoms with van der Waals surface area (Å²) in [6.45, 7) is 5.31. The van der Waals surface area contributed by atoms with Crippen molar-refractivity contribution in [1.82, 2.24) is 15.1 Å². The molecule has 3 fully saturated rings. The zero-order valence-electron chi connectivity index (χ0n) is 15.0. The minimum absolute atomic E-state index is 0.0825. The lowest BCUT2D eigenvalue weighted by Gasteiger charge is -2.40. The number of piperidine rings is 1. The van der Waals surface area contributed by atoms with Crippen molar-refractivity contribution < 1.29 is 9.59 Å². The minimum Gasteiger partial charge on any atom is -0.339 e. The summed E-state index contributed by atoms with van der Waals surface area (Å²) in [7, 11) is 0. The van der Waals surface area contributed by atoms with E-state index in [2.05, 4.69) is 10.2 Å². The molecule has 0 spiro atoms. The largest absolute Gasteiger partial charge is 0.339 e. The number of thioether (sulfide) groups is 1. The third-order valence-corrected chi connectivity index (χ3v) is 6.52. The molecule has 0 atom stereocenters. The van der Waals surface area contributed by atoms with E-state index in [0.29, 0.717) is 24.7 Å². The highest BCUT2D eigenvalue weighted by molar-refractivity contribution is 7.99. The van der Waals surface area contributed by atoms with Crippen LogP contribution in [0.5, 0.6) is 0 Å². The lowest BCUT2D eigenvalue weighted by Crippen LogP contribution is -2.49. The zero-order valence-corrected chi connectivity index (χ0v) is 15.8. The molecule has 1 aromatic rings. The van der Waals surface area contributed by atoms with Gasteiger partial charge in [0.05, 0.1) is 0 Å². The number of amides is 3. The molecule has 3 aliphatic rings. The Morgan fingerprint density at radius 3 is 2.54 bits per heavy atom. The van der Waals surface area contributed by atoms with E-state index < -0.39 is 0 Å². The summed E-state index contributed by atoms with van der Waals surface area (Å²) >= 11 is 2.04. The van der Waals surface area contributed by atoms with Gasteiger partial charge in [0.1, 0.15) is 0 Å². The summed E-state index contributed by atoms with van der Waals surface area (Å²) in [4.78, 5) is 31.0. The van der Waals surface area contributed by atoms with Crippen LogP contribution in [0.3, 0.4) is 0 Å². The molecule has 3 heterocycles. The van der Waals surface area contributed by atoms with Crippen molar-refractivity contribution in [2.75, 3.05) is 55.7 Å². The number of nitrogens with zero attached hydrogens (tertiary/aromatic N) is 3. The number of urea groups is 1. The number of anilines is 1. The Morgan fingerprint density at radius 2 is 1.85 bits per heavy atom. The van der Waals surface area contributed by atoms with E-state index in [1.165, 1.54) is 24.6 Å². The first kappa shape index (κ1) is 17.7. The fourth-order valence-corrected chi connectivity index (χ4v) is 5.02. The van der Waals surface area contributed by atoms with Crippen LogP contribution < -0.4 is 10.2 Å². The fourth-order valence-electron chi connectivity index (χ4n) is 4.08. The van der Waals surface area contributed by atoms with Gasteiger partial charge in [-0.25, -0.2) is 4.79 Å². The number of likely N-dealkylation sites (tertiary alicyclic amines) is 1. The second-order valence-corrected chi connectivity index (χ2v) is 8.33. The minimum atomic E-state index is -0.0879. The first-order valence-electron chi connectivity index (χ1n) is 9.49. The number of nitrogens with one attached hydrogen (secondary N) is 1. The van der Waals surface area contributed by atoms with Crippen LogP contribution >= 0.6 is 11.8 Å². The molecule has 1 N–H and O–H groups in total. The van der Waals surface area contributed by atoms with Crippen molar-refractivity contribution in [1.29, 1.82) is 0 Å². The molecule has 4 rings (SSSR count). The molecule has 1 aromatic carbocycles. The molecule has 0 aromatic heterocycles. The molecular formula is C19H26N4O2S.